The summed E-state index contributed by atoms with van der Waals surface area (Å²) in [6.07, 6.45) is 2.23. The molecule has 1 aliphatic heterocycles. The van der Waals surface area contributed by atoms with Gasteiger partial charge in [-0.25, -0.2) is 4.79 Å². The van der Waals surface area contributed by atoms with Crippen molar-refractivity contribution in [3.63, 3.8) is 0 Å². The lowest BCUT2D eigenvalue weighted by molar-refractivity contribution is -0.135. The van der Waals surface area contributed by atoms with Gasteiger partial charge in [-0.1, -0.05) is 28.4 Å². The van der Waals surface area contributed by atoms with E-state index in [1.807, 2.05) is 0 Å². The van der Waals surface area contributed by atoms with Gasteiger partial charge in [0, 0.05) is 12.2 Å². The first-order chi connectivity index (χ1) is 8.93. The zero-order chi connectivity index (χ0) is 14.2. The lowest BCUT2D eigenvalue weighted by Crippen LogP contribution is -2.45. The molecule has 0 N–H and O–H groups in total. The van der Waals surface area contributed by atoms with Gasteiger partial charge in [0.2, 0.25) is 5.60 Å². The number of hydrogen-bond acceptors (Lipinski definition) is 5. The first kappa shape index (κ1) is 14.4. The fourth-order valence-electron chi connectivity index (χ4n) is 1.70. The van der Waals surface area contributed by atoms with E-state index in [1.165, 1.54) is 0 Å². The van der Waals surface area contributed by atoms with E-state index in [0.29, 0.717) is 0 Å². The Hall–Kier alpha value is -1.04. The summed E-state index contributed by atoms with van der Waals surface area (Å²) >= 11 is 18.1. The fraction of sp³-hybridized carbons (Fsp3) is 0.364. The van der Waals surface area contributed by atoms with Crippen LogP contribution in [0.4, 0.5) is 0 Å². The zero-order valence-electron chi connectivity index (χ0n) is 9.65. The summed E-state index contributed by atoms with van der Waals surface area (Å²) in [5, 5.41) is 2.44. The molecule has 5 nitrogen and oxygen atoms in total. The number of alkyl halides is 1. The van der Waals surface area contributed by atoms with Crippen molar-refractivity contribution >= 4 is 52.3 Å². The maximum Gasteiger partial charge on any atom is 0.357 e. The summed E-state index contributed by atoms with van der Waals surface area (Å²) < 4.78 is 4.80. The molecular weight excluding hydrogens is 316 g/mol. The van der Waals surface area contributed by atoms with Gasteiger partial charge in [-0.15, -0.1) is 11.6 Å². The molecular formula is C11H8Cl3NO4. The van der Waals surface area contributed by atoms with Gasteiger partial charge in [0.05, 0.1) is 16.7 Å². The van der Waals surface area contributed by atoms with Crippen LogP contribution in [0.5, 0.6) is 0 Å². The highest BCUT2D eigenvalue weighted by Crippen LogP contribution is 2.46. The Kier molecular flexibility index (Phi) is 3.90. The highest BCUT2D eigenvalue weighted by molar-refractivity contribution is 6.53. The second-order valence-electron chi connectivity index (χ2n) is 3.77. The van der Waals surface area contributed by atoms with Crippen LogP contribution in [0.1, 0.15) is 6.92 Å². The molecule has 0 bridgehead atoms. The molecule has 1 aliphatic carbocycles. The molecule has 0 unspecified atom stereocenters. The Morgan fingerprint density at radius 1 is 1.47 bits per heavy atom. The molecule has 0 aromatic rings. The van der Waals surface area contributed by atoms with Crippen LogP contribution in [0.25, 0.3) is 0 Å². The number of ether oxygens (including phenoxy) is 1. The van der Waals surface area contributed by atoms with Crippen LogP contribution < -0.4 is 0 Å². The normalized spacial score (nSPS) is 24.5. The van der Waals surface area contributed by atoms with Gasteiger partial charge < -0.3 is 9.57 Å². The number of rotatable bonds is 2. The van der Waals surface area contributed by atoms with E-state index in [9.17, 15) is 9.59 Å². The molecule has 0 aromatic carbocycles. The van der Waals surface area contributed by atoms with E-state index in [4.69, 9.17) is 44.4 Å². The zero-order valence-corrected chi connectivity index (χ0v) is 11.9. The van der Waals surface area contributed by atoms with Crippen LogP contribution in [-0.2, 0) is 19.2 Å². The van der Waals surface area contributed by atoms with Crippen LogP contribution >= 0.6 is 34.8 Å². The summed E-state index contributed by atoms with van der Waals surface area (Å²) in [5.41, 5.74) is -1.67. The van der Waals surface area contributed by atoms with Gasteiger partial charge in [-0.05, 0) is 6.92 Å². The van der Waals surface area contributed by atoms with E-state index in [2.05, 4.69) is 5.16 Å². The highest BCUT2D eigenvalue weighted by atomic mass is 35.5. The molecule has 1 spiro atoms. The minimum atomic E-state index is -1.53. The molecule has 0 saturated heterocycles. The number of oxime groups is 1. The van der Waals surface area contributed by atoms with Crippen LogP contribution in [0.3, 0.4) is 0 Å². The number of nitrogens with zero attached hydrogens (tertiary/aromatic N) is 1. The first-order valence-electron chi connectivity index (χ1n) is 5.30. The summed E-state index contributed by atoms with van der Waals surface area (Å²) in [7, 11) is 0. The van der Waals surface area contributed by atoms with E-state index in [-0.39, 0.29) is 22.4 Å². The molecule has 0 radical (unpaired) electrons. The van der Waals surface area contributed by atoms with Crippen LogP contribution in [0, 0.1) is 0 Å². The molecule has 19 heavy (non-hydrogen) atoms. The standard InChI is InChI=1S/C11H8Cl3NO4/c1-2-18-10(17)8-9(14)11(19-15-8)6(12)3-5(16)4-7(11)13/h3-4,9H,2H2,1H3/t9-/m1/s1. The minimum Gasteiger partial charge on any atom is -0.461 e. The Morgan fingerprint density at radius 2 is 2.05 bits per heavy atom. The molecule has 2 aliphatic rings. The van der Waals surface area contributed by atoms with Gasteiger partial charge in [0.15, 0.2) is 11.5 Å². The fourth-order valence-corrected chi connectivity index (χ4v) is 2.97. The second kappa shape index (κ2) is 5.15. The van der Waals surface area contributed by atoms with Gasteiger partial charge in [-0.2, -0.15) is 0 Å². The van der Waals surface area contributed by atoms with E-state index < -0.39 is 22.7 Å². The lowest BCUT2D eigenvalue weighted by atomic mass is 9.91. The average Bonchev–Trinajstić information content (AvgIpc) is 2.66. The summed E-state index contributed by atoms with van der Waals surface area (Å²) in [4.78, 5) is 28.1. The molecule has 0 fully saturated rings. The van der Waals surface area contributed by atoms with Crippen LogP contribution in [-0.4, -0.2) is 35.0 Å². The first-order valence-corrected chi connectivity index (χ1v) is 6.49. The largest absolute Gasteiger partial charge is 0.461 e. The SMILES string of the molecule is CCOC(=O)C1=NOC2(C(Cl)=CC(=O)C=C2Cl)[C@@H]1Cl. The van der Waals surface area contributed by atoms with Crippen molar-refractivity contribution in [3.05, 3.63) is 22.2 Å². The number of hydrogen-bond donors (Lipinski definition) is 0. The Balaban J connectivity index is 2.35. The lowest BCUT2D eigenvalue weighted by Gasteiger charge is -2.30. The van der Waals surface area contributed by atoms with E-state index in [1.54, 1.807) is 6.92 Å². The van der Waals surface area contributed by atoms with Crippen molar-refractivity contribution in [1.82, 2.24) is 0 Å². The summed E-state index contributed by atoms with van der Waals surface area (Å²) in [6.45, 7) is 1.81. The molecule has 0 amide bonds. The number of carbonyl (C=O) groups is 2. The predicted octanol–water partition coefficient (Wildman–Crippen LogP) is 2.11. The maximum atomic E-state index is 11.6. The molecule has 0 aromatic heterocycles. The molecule has 102 valence electrons. The molecule has 1 atom stereocenters. The van der Waals surface area contributed by atoms with E-state index in [0.717, 1.165) is 12.2 Å². The Labute approximate surface area is 123 Å². The molecule has 0 saturated carbocycles. The van der Waals surface area contributed by atoms with Crippen molar-refractivity contribution in [2.75, 3.05) is 6.61 Å². The Bertz CT molecular complexity index is 516. The van der Waals surface area contributed by atoms with Gasteiger partial charge in [0.25, 0.3) is 0 Å². The smallest absolute Gasteiger partial charge is 0.357 e. The van der Waals surface area contributed by atoms with Crippen LogP contribution in [0.2, 0.25) is 0 Å². The third-order valence-corrected chi connectivity index (χ3v) is 3.91. The van der Waals surface area contributed by atoms with Crippen molar-refractivity contribution in [1.29, 1.82) is 0 Å². The minimum absolute atomic E-state index is 0.0342. The van der Waals surface area contributed by atoms with Crippen molar-refractivity contribution in [2.45, 2.75) is 17.9 Å². The van der Waals surface area contributed by atoms with Crippen molar-refractivity contribution in [3.8, 4) is 0 Å². The monoisotopic (exact) mass is 323 g/mol. The maximum absolute atomic E-state index is 11.6. The van der Waals surface area contributed by atoms with Crippen LogP contribution in [0.15, 0.2) is 27.4 Å². The van der Waals surface area contributed by atoms with Gasteiger partial charge in [-0.3, -0.25) is 4.79 Å². The topological polar surface area (TPSA) is 65.0 Å². The summed E-state index contributed by atoms with van der Waals surface area (Å²) in [6, 6.07) is 0. The molecule has 1 heterocycles. The third kappa shape index (κ3) is 2.16. The van der Waals surface area contributed by atoms with Gasteiger partial charge in [0.1, 0.15) is 5.38 Å². The third-order valence-electron chi connectivity index (χ3n) is 2.62. The average molecular weight is 325 g/mol. The number of halogens is 3. The van der Waals surface area contributed by atoms with Crippen molar-refractivity contribution in [2.24, 2.45) is 5.16 Å². The quantitative estimate of drug-likeness (QED) is 0.576. The number of esters is 1. The predicted molar refractivity (Wildman–Crippen MR) is 70.4 cm³/mol. The number of ketones is 1. The number of allylic oxidation sites excluding steroid dienone is 2. The molecule has 2 rings (SSSR count). The molecule has 8 heteroatoms. The Morgan fingerprint density at radius 3 is 2.58 bits per heavy atom. The van der Waals surface area contributed by atoms with Gasteiger partial charge >= 0.3 is 5.97 Å². The summed E-state index contributed by atoms with van der Waals surface area (Å²) in [5.74, 6) is -1.11. The van der Waals surface area contributed by atoms with E-state index >= 15 is 0 Å². The number of carbonyl (C=O) groups excluding carboxylic acids is 2. The van der Waals surface area contributed by atoms with Crippen molar-refractivity contribution < 1.29 is 19.2 Å². The second-order valence-corrected chi connectivity index (χ2v) is 5.02. The highest BCUT2D eigenvalue weighted by Gasteiger charge is 2.57.